The molecular formula is C15H24ClNO4S. The number of halogens is 1. The van der Waals surface area contributed by atoms with Crippen LogP contribution in [0.2, 0.25) is 5.02 Å². The lowest BCUT2D eigenvalue weighted by Crippen LogP contribution is -2.42. The lowest BCUT2D eigenvalue weighted by atomic mass is 10.0. The number of piperidine rings is 1. The van der Waals surface area contributed by atoms with Gasteiger partial charge in [0.15, 0.2) is 0 Å². The van der Waals surface area contributed by atoms with Crippen LogP contribution in [0.25, 0.3) is 0 Å². The summed E-state index contributed by atoms with van der Waals surface area (Å²) in [7, 11) is -3.72. The van der Waals surface area contributed by atoms with Gasteiger partial charge in [-0.05, 0) is 25.0 Å². The molecule has 1 aliphatic rings. The molecule has 0 amide bonds. The molecule has 0 aromatic heterocycles. The van der Waals surface area contributed by atoms with Gasteiger partial charge < -0.3 is 5.11 Å². The molecule has 1 unspecified atom stereocenters. The van der Waals surface area contributed by atoms with Gasteiger partial charge in [-0.1, -0.05) is 45.0 Å². The van der Waals surface area contributed by atoms with Crippen molar-refractivity contribution in [1.29, 1.82) is 0 Å². The average Bonchev–Trinajstić information content (AvgIpc) is 2.49. The summed E-state index contributed by atoms with van der Waals surface area (Å²) in [6, 6.07) is 6.18. The maximum absolute atomic E-state index is 12.4. The smallest absolute Gasteiger partial charge is 0.307 e. The van der Waals surface area contributed by atoms with Crippen molar-refractivity contribution in [2.24, 2.45) is 5.92 Å². The number of carboxylic acids is 1. The second-order valence-corrected chi connectivity index (χ2v) is 6.78. The molecule has 1 N–H and O–H groups in total. The van der Waals surface area contributed by atoms with Crippen molar-refractivity contribution in [2.45, 2.75) is 39.0 Å². The Morgan fingerprint density at radius 2 is 1.91 bits per heavy atom. The lowest BCUT2D eigenvalue weighted by Gasteiger charge is -2.30. The van der Waals surface area contributed by atoms with E-state index in [-0.39, 0.29) is 23.9 Å². The van der Waals surface area contributed by atoms with Gasteiger partial charge in [-0.25, -0.2) is 8.42 Å². The lowest BCUT2D eigenvalue weighted by molar-refractivity contribution is -0.142. The van der Waals surface area contributed by atoms with Crippen molar-refractivity contribution in [3.8, 4) is 0 Å². The maximum Gasteiger partial charge on any atom is 0.307 e. The third-order valence-corrected chi connectivity index (χ3v) is 5.55. The molecule has 0 radical (unpaired) electrons. The standard InChI is InChI=1S/C12H14ClNO4S.C2H6.CH4/c13-10-5-1-2-6-11(10)19(17,18)14-7-3-4-9(8-14)12(15)16;1-2;/h1-2,5-6,9H,3-4,7-8H2,(H,15,16);1-2H3;1H4. The second-order valence-electron chi connectivity index (χ2n) is 4.47. The molecular weight excluding hydrogens is 326 g/mol. The van der Waals surface area contributed by atoms with E-state index in [0.717, 1.165) is 0 Å². The first kappa shape index (κ1) is 20.9. The van der Waals surface area contributed by atoms with Crippen molar-refractivity contribution >= 4 is 27.6 Å². The summed E-state index contributed by atoms with van der Waals surface area (Å²) in [6.45, 7) is 4.33. The summed E-state index contributed by atoms with van der Waals surface area (Å²) in [6.07, 6.45) is 1.05. The van der Waals surface area contributed by atoms with E-state index in [1.807, 2.05) is 13.8 Å². The van der Waals surface area contributed by atoms with Crippen LogP contribution in [0.15, 0.2) is 29.2 Å². The number of nitrogens with zero attached hydrogens (tertiary/aromatic N) is 1. The molecule has 1 saturated heterocycles. The third kappa shape index (κ3) is 4.69. The van der Waals surface area contributed by atoms with Crippen LogP contribution in [0.3, 0.4) is 0 Å². The van der Waals surface area contributed by atoms with Gasteiger partial charge in [0.05, 0.1) is 10.9 Å². The molecule has 5 nitrogen and oxygen atoms in total. The fourth-order valence-corrected chi connectivity index (χ4v) is 4.17. The number of hydrogen-bond donors (Lipinski definition) is 1. The number of sulfonamides is 1. The Labute approximate surface area is 138 Å². The predicted molar refractivity (Wildman–Crippen MR) is 88.6 cm³/mol. The van der Waals surface area contributed by atoms with Crippen molar-refractivity contribution in [2.75, 3.05) is 13.1 Å². The monoisotopic (exact) mass is 349 g/mol. The summed E-state index contributed by atoms with van der Waals surface area (Å²) in [5.41, 5.74) is 0. The minimum absolute atomic E-state index is 0. The van der Waals surface area contributed by atoms with Crippen LogP contribution in [-0.2, 0) is 14.8 Å². The normalized spacial score (nSPS) is 18.6. The van der Waals surface area contributed by atoms with E-state index in [2.05, 4.69) is 0 Å². The van der Waals surface area contributed by atoms with Crippen LogP contribution >= 0.6 is 11.6 Å². The molecule has 2 rings (SSSR count). The van der Waals surface area contributed by atoms with Crippen LogP contribution in [0, 0.1) is 5.92 Å². The Morgan fingerprint density at radius 1 is 1.32 bits per heavy atom. The minimum atomic E-state index is -3.72. The zero-order valence-corrected chi connectivity index (χ0v) is 13.7. The zero-order valence-electron chi connectivity index (χ0n) is 12.1. The van der Waals surface area contributed by atoms with E-state index >= 15 is 0 Å². The Morgan fingerprint density at radius 3 is 2.45 bits per heavy atom. The van der Waals surface area contributed by atoms with Gasteiger partial charge in [0.2, 0.25) is 10.0 Å². The predicted octanol–water partition coefficient (Wildman–Crippen LogP) is 3.49. The van der Waals surface area contributed by atoms with Crippen LogP contribution in [0.5, 0.6) is 0 Å². The highest BCUT2D eigenvalue weighted by molar-refractivity contribution is 7.89. The molecule has 0 bridgehead atoms. The number of carboxylic acid groups (broad SMARTS) is 1. The highest BCUT2D eigenvalue weighted by Gasteiger charge is 2.34. The Kier molecular flexibility index (Phi) is 8.66. The SMILES string of the molecule is C.CC.O=C(O)C1CCCN(S(=O)(=O)c2ccccc2Cl)C1. The molecule has 1 aromatic rings. The van der Waals surface area contributed by atoms with E-state index in [9.17, 15) is 13.2 Å². The molecule has 0 saturated carbocycles. The Bertz CT molecular complexity index is 589. The molecule has 1 aromatic carbocycles. The first-order chi connectivity index (χ1) is 9.93. The summed E-state index contributed by atoms with van der Waals surface area (Å²) >= 11 is 5.90. The van der Waals surface area contributed by atoms with E-state index < -0.39 is 21.9 Å². The van der Waals surface area contributed by atoms with Gasteiger partial charge in [0, 0.05) is 13.1 Å². The second kappa shape index (κ2) is 9.12. The molecule has 1 aliphatic heterocycles. The molecule has 7 heteroatoms. The third-order valence-electron chi connectivity index (χ3n) is 3.19. The van der Waals surface area contributed by atoms with Crippen LogP contribution in [0.4, 0.5) is 0 Å². The van der Waals surface area contributed by atoms with E-state index in [1.165, 1.54) is 16.4 Å². The molecule has 126 valence electrons. The fourth-order valence-electron chi connectivity index (χ4n) is 2.16. The highest BCUT2D eigenvalue weighted by Crippen LogP contribution is 2.28. The Hall–Kier alpha value is -1.11. The largest absolute Gasteiger partial charge is 0.481 e. The van der Waals surface area contributed by atoms with Gasteiger partial charge in [0.25, 0.3) is 0 Å². The van der Waals surface area contributed by atoms with E-state index in [0.29, 0.717) is 19.4 Å². The molecule has 0 aliphatic carbocycles. The molecule has 1 fully saturated rings. The highest BCUT2D eigenvalue weighted by atomic mass is 35.5. The van der Waals surface area contributed by atoms with E-state index in [4.69, 9.17) is 16.7 Å². The van der Waals surface area contributed by atoms with Crippen molar-refractivity contribution in [3.05, 3.63) is 29.3 Å². The summed E-state index contributed by atoms with van der Waals surface area (Å²) in [4.78, 5) is 11.0. The molecule has 22 heavy (non-hydrogen) atoms. The van der Waals surface area contributed by atoms with Gasteiger partial charge in [0.1, 0.15) is 4.90 Å². The molecule has 0 spiro atoms. The zero-order chi connectivity index (χ0) is 16.0. The van der Waals surface area contributed by atoms with Crippen LogP contribution in [-0.4, -0.2) is 36.9 Å². The number of aliphatic carboxylic acids is 1. The van der Waals surface area contributed by atoms with Gasteiger partial charge >= 0.3 is 5.97 Å². The summed E-state index contributed by atoms with van der Waals surface area (Å²) in [5, 5.41) is 9.15. The van der Waals surface area contributed by atoms with Crippen molar-refractivity contribution in [1.82, 2.24) is 4.31 Å². The molecule has 1 heterocycles. The summed E-state index contributed by atoms with van der Waals surface area (Å²) in [5.74, 6) is -1.61. The van der Waals surface area contributed by atoms with Crippen molar-refractivity contribution < 1.29 is 18.3 Å². The van der Waals surface area contributed by atoms with Crippen LogP contribution in [0.1, 0.15) is 34.1 Å². The van der Waals surface area contributed by atoms with Crippen LogP contribution < -0.4 is 0 Å². The fraction of sp³-hybridized carbons (Fsp3) is 0.533. The maximum atomic E-state index is 12.4. The minimum Gasteiger partial charge on any atom is -0.481 e. The Balaban J connectivity index is 0.00000141. The topological polar surface area (TPSA) is 74.7 Å². The van der Waals surface area contributed by atoms with Gasteiger partial charge in [-0.3, -0.25) is 4.79 Å². The van der Waals surface area contributed by atoms with Gasteiger partial charge in [-0.15, -0.1) is 0 Å². The number of benzene rings is 1. The quantitative estimate of drug-likeness (QED) is 0.906. The first-order valence-electron chi connectivity index (χ1n) is 6.90. The number of rotatable bonds is 3. The first-order valence-corrected chi connectivity index (χ1v) is 8.72. The van der Waals surface area contributed by atoms with Gasteiger partial charge in [-0.2, -0.15) is 4.31 Å². The number of carbonyl (C=O) groups is 1. The average molecular weight is 350 g/mol. The van der Waals surface area contributed by atoms with Crippen molar-refractivity contribution in [3.63, 3.8) is 0 Å². The van der Waals surface area contributed by atoms with E-state index in [1.54, 1.807) is 12.1 Å². The molecule has 1 atom stereocenters. The summed E-state index contributed by atoms with van der Waals surface area (Å²) < 4.78 is 26.1. The number of hydrogen-bond acceptors (Lipinski definition) is 3.